The van der Waals surface area contributed by atoms with E-state index in [0.29, 0.717) is 0 Å². The molecule has 0 radical (unpaired) electrons. The van der Waals surface area contributed by atoms with E-state index in [1.807, 2.05) is 0 Å². The molecule has 0 N–H and O–H groups in total. The smallest absolute Gasteiger partial charge is 0.267 e. The molecule has 0 aliphatic carbocycles. The molecule has 0 spiro atoms. The molecule has 0 aromatic rings. The van der Waals surface area contributed by atoms with Crippen LogP contribution in [0.25, 0.3) is 0 Å². The van der Waals surface area contributed by atoms with Gasteiger partial charge in [-0.2, -0.15) is 8.42 Å². The highest BCUT2D eigenvalue weighted by atomic mass is 32.2. The average Bonchev–Trinajstić information content (AvgIpc) is 2.22. The maximum absolute atomic E-state index is 11.0. The standard InChI is InChI=1S/C11H24O3S/c1-3-4-5-6-7-8-9-10-11-15(12,13)14-2/h3-11H2,1-2H3. The summed E-state index contributed by atoms with van der Waals surface area (Å²) in [6.45, 7) is 2.20. The van der Waals surface area contributed by atoms with Gasteiger partial charge in [0.15, 0.2) is 0 Å². The van der Waals surface area contributed by atoms with E-state index in [1.165, 1.54) is 39.2 Å². The number of hydrogen-bond acceptors (Lipinski definition) is 3. The Hall–Kier alpha value is -0.0900. The number of hydrogen-bond donors (Lipinski definition) is 0. The summed E-state index contributed by atoms with van der Waals surface area (Å²) < 4.78 is 26.3. The summed E-state index contributed by atoms with van der Waals surface area (Å²) in [6.07, 6.45) is 9.27. The van der Waals surface area contributed by atoms with Crippen LogP contribution in [0.2, 0.25) is 0 Å². The molecule has 0 unspecified atom stereocenters. The average molecular weight is 236 g/mol. The predicted octanol–water partition coefficient (Wildman–Crippen LogP) is 3.10. The highest BCUT2D eigenvalue weighted by molar-refractivity contribution is 7.86. The summed E-state index contributed by atoms with van der Waals surface area (Å²) in [6, 6.07) is 0. The van der Waals surface area contributed by atoms with E-state index < -0.39 is 10.1 Å². The molecule has 0 rings (SSSR count). The van der Waals surface area contributed by atoms with Crippen molar-refractivity contribution in [2.24, 2.45) is 0 Å². The van der Waals surface area contributed by atoms with Crippen molar-refractivity contribution in [2.75, 3.05) is 12.9 Å². The topological polar surface area (TPSA) is 43.4 Å². The lowest BCUT2D eigenvalue weighted by Crippen LogP contribution is -2.07. The minimum Gasteiger partial charge on any atom is -0.273 e. The van der Waals surface area contributed by atoms with Crippen LogP contribution >= 0.6 is 0 Å². The van der Waals surface area contributed by atoms with Crippen molar-refractivity contribution in [1.29, 1.82) is 0 Å². The SMILES string of the molecule is CCCCCCCCCCS(=O)(=O)OC. The molecule has 0 amide bonds. The third kappa shape index (κ3) is 10.2. The van der Waals surface area contributed by atoms with Crippen molar-refractivity contribution in [3.05, 3.63) is 0 Å². The lowest BCUT2D eigenvalue weighted by Gasteiger charge is -2.02. The Labute approximate surface area is 94.3 Å². The monoisotopic (exact) mass is 236 g/mol. The maximum atomic E-state index is 11.0. The predicted molar refractivity (Wildman–Crippen MR) is 63.4 cm³/mol. The third-order valence-corrected chi connectivity index (χ3v) is 3.80. The Bertz CT molecular complexity index is 222. The Kier molecular flexibility index (Phi) is 9.10. The molecule has 3 nitrogen and oxygen atoms in total. The van der Waals surface area contributed by atoms with Gasteiger partial charge in [0.25, 0.3) is 10.1 Å². The third-order valence-electron chi connectivity index (χ3n) is 2.50. The molecule has 0 aromatic carbocycles. The molecule has 0 bridgehead atoms. The molecule has 0 saturated heterocycles. The van der Waals surface area contributed by atoms with Crippen molar-refractivity contribution >= 4 is 10.1 Å². The van der Waals surface area contributed by atoms with Crippen molar-refractivity contribution in [2.45, 2.75) is 58.3 Å². The second-order valence-corrected chi connectivity index (χ2v) is 5.76. The van der Waals surface area contributed by atoms with E-state index >= 15 is 0 Å². The Morgan fingerprint density at radius 3 is 1.80 bits per heavy atom. The minimum atomic E-state index is -3.22. The lowest BCUT2D eigenvalue weighted by atomic mass is 10.1. The van der Waals surface area contributed by atoms with Gasteiger partial charge in [0.05, 0.1) is 12.9 Å². The molecule has 0 fully saturated rings. The van der Waals surface area contributed by atoms with Gasteiger partial charge in [-0.1, -0.05) is 51.9 Å². The first-order chi connectivity index (χ1) is 7.12. The molecule has 4 heteroatoms. The molecule has 0 aliphatic rings. The first-order valence-corrected chi connectivity index (χ1v) is 7.48. The maximum Gasteiger partial charge on any atom is 0.267 e. The summed E-state index contributed by atoms with van der Waals surface area (Å²) in [5.74, 6) is 0.165. The molecule has 0 saturated carbocycles. The molecule has 0 aliphatic heterocycles. The van der Waals surface area contributed by atoms with Crippen molar-refractivity contribution in [3.63, 3.8) is 0 Å². The fraction of sp³-hybridized carbons (Fsp3) is 1.00. The van der Waals surface area contributed by atoms with Crippen LogP contribution in [0.1, 0.15) is 58.3 Å². The van der Waals surface area contributed by atoms with Gasteiger partial charge in [0, 0.05) is 0 Å². The highest BCUT2D eigenvalue weighted by Crippen LogP contribution is 2.09. The van der Waals surface area contributed by atoms with Crippen LogP contribution in [0, 0.1) is 0 Å². The van der Waals surface area contributed by atoms with Crippen LogP contribution in [-0.2, 0) is 14.3 Å². The molecular formula is C11H24O3S. The summed E-state index contributed by atoms with van der Waals surface area (Å²) in [5.41, 5.74) is 0. The first kappa shape index (κ1) is 14.9. The minimum absolute atomic E-state index is 0.165. The van der Waals surface area contributed by atoms with E-state index in [9.17, 15) is 8.42 Å². The van der Waals surface area contributed by atoms with Gasteiger partial charge >= 0.3 is 0 Å². The number of rotatable bonds is 10. The second-order valence-electron chi connectivity index (χ2n) is 3.90. The Balaban J connectivity index is 3.19. The molecular weight excluding hydrogens is 212 g/mol. The Morgan fingerprint density at radius 2 is 1.33 bits per heavy atom. The van der Waals surface area contributed by atoms with Crippen LogP contribution < -0.4 is 0 Å². The van der Waals surface area contributed by atoms with Crippen LogP contribution in [0.5, 0.6) is 0 Å². The lowest BCUT2D eigenvalue weighted by molar-refractivity contribution is 0.396. The van der Waals surface area contributed by atoms with E-state index in [0.717, 1.165) is 19.3 Å². The summed E-state index contributed by atoms with van der Waals surface area (Å²) in [7, 11) is -2.00. The largest absolute Gasteiger partial charge is 0.273 e. The summed E-state index contributed by atoms with van der Waals surface area (Å²) in [4.78, 5) is 0. The van der Waals surface area contributed by atoms with Gasteiger partial charge in [0.1, 0.15) is 0 Å². The normalized spacial score (nSPS) is 11.9. The first-order valence-electron chi connectivity index (χ1n) is 5.90. The van der Waals surface area contributed by atoms with E-state index in [4.69, 9.17) is 0 Å². The molecule has 92 valence electrons. The fourth-order valence-corrected chi connectivity index (χ4v) is 2.22. The quantitative estimate of drug-likeness (QED) is 0.432. The zero-order valence-corrected chi connectivity index (χ0v) is 10.8. The van der Waals surface area contributed by atoms with Gasteiger partial charge < -0.3 is 0 Å². The van der Waals surface area contributed by atoms with E-state index in [1.54, 1.807) is 0 Å². The zero-order valence-electron chi connectivity index (χ0n) is 10.00. The summed E-state index contributed by atoms with van der Waals surface area (Å²) >= 11 is 0. The molecule has 0 heterocycles. The molecule has 0 atom stereocenters. The van der Waals surface area contributed by atoms with Crippen LogP contribution in [0.4, 0.5) is 0 Å². The van der Waals surface area contributed by atoms with E-state index in [-0.39, 0.29) is 5.75 Å². The molecule has 15 heavy (non-hydrogen) atoms. The van der Waals surface area contributed by atoms with Gasteiger partial charge in [-0.05, 0) is 6.42 Å². The van der Waals surface area contributed by atoms with Crippen LogP contribution in [-0.4, -0.2) is 21.3 Å². The van der Waals surface area contributed by atoms with Crippen LogP contribution in [0.15, 0.2) is 0 Å². The van der Waals surface area contributed by atoms with Gasteiger partial charge in [-0.25, -0.2) is 0 Å². The Morgan fingerprint density at radius 1 is 0.867 bits per heavy atom. The van der Waals surface area contributed by atoms with Gasteiger partial charge in [-0.15, -0.1) is 0 Å². The fourth-order valence-electron chi connectivity index (χ4n) is 1.50. The van der Waals surface area contributed by atoms with Gasteiger partial charge in [-0.3, -0.25) is 4.18 Å². The number of unbranched alkanes of at least 4 members (excludes halogenated alkanes) is 7. The van der Waals surface area contributed by atoms with Crippen molar-refractivity contribution < 1.29 is 12.6 Å². The van der Waals surface area contributed by atoms with Gasteiger partial charge in [0.2, 0.25) is 0 Å². The van der Waals surface area contributed by atoms with Crippen LogP contribution in [0.3, 0.4) is 0 Å². The van der Waals surface area contributed by atoms with Crippen molar-refractivity contribution in [3.8, 4) is 0 Å². The second kappa shape index (κ2) is 9.16. The molecule has 0 aromatic heterocycles. The highest BCUT2D eigenvalue weighted by Gasteiger charge is 2.06. The zero-order chi connectivity index (χ0) is 11.6. The van der Waals surface area contributed by atoms with E-state index in [2.05, 4.69) is 11.1 Å². The van der Waals surface area contributed by atoms with Crippen molar-refractivity contribution in [1.82, 2.24) is 0 Å². The summed E-state index contributed by atoms with van der Waals surface area (Å²) in [5, 5.41) is 0.